The third-order valence-electron chi connectivity index (χ3n) is 2.93. The highest BCUT2D eigenvalue weighted by Crippen LogP contribution is 2.32. The zero-order valence-corrected chi connectivity index (χ0v) is 9.52. The minimum Gasteiger partial charge on any atom is -0.0745 e. The molecule has 1 aliphatic rings. The lowest BCUT2D eigenvalue weighted by Crippen LogP contribution is -2.12. The van der Waals surface area contributed by atoms with Crippen molar-refractivity contribution in [3.05, 3.63) is 11.1 Å². The molecule has 0 aromatic rings. The van der Waals surface area contributed by atoms with Crippen molar-refractivity contribution in [3.8, 4) is 0 Å². The summed E-state index contributed by atoms with van der Waals surface area (Å²) in [6, 6.07) is 0. The summed E-state index contributed by atoms with van der Waals surface area (Å²) in [5.74, 6) is 1.90. The summed E-state index contributed by atoms with van der Waals surface area (Å²) >= 11 is 3.35. The minimum atomic E-state index is 0.859. The van der Waals surface area contributed by atoms with Gasteiger partial charge < -0.3 is 0 Å². The van der Waals surface area contributed by atoms with Crippen molar-refractivity contribution in [2.45, 2.75) is 45.4 Å². The second-order valence-electron chi connectivity index (χ2n) is 3.89. The molecule has 12 heavy (non-hydrogen) atoms. The van der Waals surface area contributed by atoms with E-state index in [1.807, 2.05) is 4.99 Å². The standard InChI is InChI=1S/C11H19Br/c1-2-3-10-4-6-11(7-5-10)8-9-12/h8-11H,2-7H2,1H3. The molecule has 0 saturated heterocycles. The van der Waals surface area contributed by atoms with Crippen LogP contribution in [0.2, 0.25) is 0 Å². The van der Waals surface area contributed by atoms with Crippen LogP contribution >= 0.6 is 15.9 Å². The van der Waals surface area contributed by atoms with E-state index in [9.17, 15) is 0 Å². The maximum absolute atomic E-state index is 3.35. The molecule has 0 nitrogen and oxygen atoms in total. The fourth-order valence-electron chi connectivity index (χ4n) is 2.18. The van der Waals surface area contributed by atoms with E-state index in [0.29, 0.717) is 0 Å². The number of allylic oxidation sites excluding steroid dienone is 1. The maximum atomic E-state index is 3.35. The molecule has 0 radical (unpaired) electrons. The lowest BCUT2D eigenvalue weighted by molar-refractivity contribution is 0.294. The molecular formula is C11H19Br. The molecular weight excluding hydrogens is 212 g/mol. The van der Waals surface area contributed by atoms with Crippen molar-refractivity contribution < 1.29 is 0 Å². The van der Waals surface area contributed by atoms with Crippen LogP contribution in [0.3, 0.4) is 0 Å². The third-order valence-corrected chi connectivity index (χ3v) is 3.24. The quantitative estimate of drug-likeness (QED) is 0.670. The van der Waals surface area contributed by atoms with Gasteiger partial charge in [0.05, 0.1) is 0 Å². The highest BCUT2D eigenvalue weighted by molar-refractivity contribution is 9.11. The lowest BCUT2D eigenvalue weighted by Gasteiger charge is -2.26. The molecule has 0 atom stereocenters. The average Bonchev–Trinajstić information content (AvgIpc) is 2.09. The zero-order valence-electron chi connectivity index (χ0n) is 7.93. The predicted molar refractivity (Wildman–Crippen MR) is 58.4 cm³/mol. The molecule has 0 N–H and O–H groups in total. The fraction of sp³-hybridized carbons (Fsp3) is 0.818. The molecule has 0 amide bonds. The van der Waals surface area contributed by atoms with Crippen molar-refractivity contribution >= 4 is 15.9 Å². The Hall–Kier alpha value is 0.220. The van der Waals surface area contributed by atoms with Crippen molar-refractivity contribution in [1.29, 1.82) is 0 Å². The number of hydrogen-bond donors (Lipinski definition) is 0. The molecule has 0 aromatic heterocycles. The Morgan fingerprint density at radius 1 is 1.25 bits per heavy atom. The van der Waals surface area contributed by atoms with Gasteiger partial charge in [-0.15, -0.1) is 0 Å². The topological polar surface area (TPSA) is 0 Å². The molecule has 0 spiro atoms. The summed E-state index contributed by atoms with van der Waals surface area (Å²) in [5.41, 5.74) is 0. The van der Waals surface area contributed by atoms with E-state index in [-0.39, 0.29) is 0 Å². The Balaban J connectivity index is 2.20. The van der Waals surface area contributed by atoms with Crippen LogP contribution in [0, 0.1) is 11.8 Å². The van der Waals surface area contributed by atoms with Crippen molar-refractivity contribution in [3.63, 3.8) is 0 Å². The van der Waals surface area contributed by atoms with Crippen molar-refractivity contribution in [1.82, 2.24) is 0 Å². The monoisotopic (exact) mass is 230 g/mol. The summed E-state index contributed by atoms with van der Waals surface area (Å²) in [7, 11) is 0. The predicted octanol–water partition coefficient (Wildman–Crippen LogP) is 4.50. The van der Waals surface area contributed by atoms with E-state index in [1.54, 1.807) is 0 Å². The fourth-order valence-corrected chi connectivity index (χ4v) is 2.61. The third kappa shape index (κ3) is 3.30. The van der Waals surface area contributed by atoms with Crippen LogP contribution in [0.25, 0.3) is 0 Å². The van der Waals surface area contributed by atoms with E-state index in [0.717, 1.165) is 11.8 Å². The number of halogens is 1. The first kappa shape index (κ1) is 10.3. The van der Waals surface area contributed by atoms with Crippen LogP contribution in [0.1, 0.15) is 45.4 Å². The molecule has 0 bridgehead atoms. The highest BCUT2D eigenvalue weighted by Gasteiger charge is 2.18. The lowest BCUT2D eigenvalue weighted by atomic mass is 9.80. The van der Waals surface area contributed by atoms with Gasteiger partial charge in [-0.3, -0.25) is 0 Å². The van der Waals surface area contributed by atoms with E-state index in [4.69, 9.17) is 0 Å². The van der Waals surface area contributed by atoms with Crippen LogP contribution < -0.4 is 0 Å². The Labute approximate surface area is 84.6 Å². The van der Waals surface area contributed by atoms with Gasteiger partial charge in [-0.1, -0.05) is 41.8 Å². The molecule has 0 unspecified atom stereocenters. The SMILES string of the molecule is CCCC1CCC(C=CBr)CC1. The van der Waals surface area contributed by atoms with Gasteiger partial charge in [0.2, 0.25) is 0 Å². The molecule has 1 fully saturated rings. The van der Waals surface area contributed by atoms with Gasteiger partial charge in [-0.25, -0.2) is 0 Å². The average molecular weight is 231 g/mol. The molecule has 1 saturated carbocycles. The van der Waals surface area contributed by atoms with Crippen LogP contribution in [-0.4, -0.2) is 0 Å². The van der Waals surface area contributed by atoms with Crippen LogP contribution in [0.5, 0.6) is 0 Å². The van der Waals surface area contributed by atoms with Crippen LogP contribution in [0.4, 0.5) is 0 Å². The van der Waals surface area contributed by atoms with Gasteiger partial charge in [0, 0.05) is 0 Å². The second-order valence-corrected chi connectivity index (χ2v) is 4.42. The molecule has 0 aromatic carbocycles. The van der Waals surface area contributed by atoms with Gasteiger partial charge in [0.25, 0.3) is 0 Å². The molecule has 0 heterocycles. The Bertz CT molecular complexity index is 132. The Morgan fingerprint density at radius 2 is 1.92 bits per heavy atom. The minimum absolute atomic E-state index is 0.859. The van der Waals surface area contributed by atoms with Gasteiger partial charge in [0.15, 0.2) is 0 Å². The van der Waals surface area contributed by atoms with E-state index in [2.05, 4.69) is 28.9 Å². The normalized spacial score (nSPS) is 31.2. The first-order valence-corrected chi connectivity index (χ1v) is 6.05. The Morgan fingerprint density at radius 3 is 2.42 bits per heavy atom. The molecule has 1 heteroatoms. The number of hydrogen-bond acceptors (Lipinski definition) is 0. The van der Waals surface area contributed by atoms with Gasteiger partial charge in [-0.2, -0.15) is 0 Å². The molecule has 1 aliphatic carbocycles. The van der Waals surface area contributed by atoms with Crippen molar-refractivity contribution in [2.75, 3.05) is 0 Å². The van der Waals surface area contributed by atoms with Crippen molar-refractivity contribution in [2.24, 2.45) is 11.8 Å². The largest absolute Gasteiger partial charge is 0.0745 e. The summed E-state index contributed by atoms with van der Waals surface area (Å²) in [5, 5.41) is 0. The van der Waals surface area contributed by atoms with Gasteiger partial charge in [0.1, 0.15) is 0 Å². The molecule has 70 valence electrons. The first-order chi connectivity index (χ1) is 5.86. The van der Waals surface area contributed by atoms with Crippen LogP contribution in [0.15, 0.2) is 11.1 Å². The highest BCUT2D eigenvalue weighted by atomic mass is 79.9. The van der Waals surface area contributed by atoms with E-state index in [1.165, 1.54) is 38.5 Å². The second kappa shape index (κ2) is 5.80. The smallest absolute Gasteiger partial charge is 0.0225 e. The summed E-state index contributed by atoms with van der Waals surface area (Å²) in [6.07, 6.45) is 10.8. The Kier molecular flexibility index (Phi) is 4.98. The maximum Gasteiger partial charge on any atom is -0.0225 e. The zero-order chi connectivity index (χ0) is 8.81. The van der Waals surface area contributed by atoms with Gasteiger partial charge in [-0.05, 0) is 42.5 Å². The number of rotatable bonds is 3. The summed E-state index contributed by atoms with van der Waals surface area (Å²) in [4.78, 5) is 2.03. The van der Waals surface area contributed by atoms with Gasteiger partial charge >= 0.3 is 0 Å². The summed E-state index contributed by atoms with van der Waals surface area (Å²) in [6.45, 7) is 2.30. The van der Waals surface area contributed by atoms with E-state index < -0.39 is 0 Å². The first-order valence-electron chi connectivity index (χ1n) is 5.13. The van der Waals surface area contributed by atoms with Crippen LogP contribution in [-0.2, 0) is 0 Å². The summed E-state index contributed by atoms with van der Waals surface area (Å²) < 4.78 is 0. The molecule has 1 rings (SSSR count). The molecule has 0 aliphatic heterocycles. The van der Waals surface area contributed by atoms with E-state index >= 15 is 0 Å².